The highest BCUT2D eigenvalue weighted by Crippen LogP contribution is 2.20. The zero-order chi connectivity index (χ0) is 11.5. The molecule has 2 rings (SSSR count). The van der Waals surface area contributed by atoms with E-state index in [1.807, 2.05) is 15.8 Å². The smallest absolute Gasteiger partial charge is 0.219 e. The van der Waals surface area contributed by atoms with Crippen LogP contribution in [-0.2, 0) is 11.3 Å². The number of piperidine rings is 1. The molecule has 2 heterocycles. The van der Waals surface area contributed by atoms with Crippen molar-refractivity contribution in [3.63, 3.8) is 0 Å². The number of carbonyl (C=O) groups excluding carboxylic acids is 1. The number of nitrogens with zero attached hydrogens (tertiary/aromatic N) is 4. The van der Waals surface area contributed by atoms with Crippen molar-refractivity contribution in [3.8, 4) is 0 Å². The molecule has 1 atom stereocenters. The fraction of sp³-hybridized carbons (Fsp3) is 0.700. The van der Waals surface area contributed by atoms with E-state index in [1.54, 1.807) is 6.92 Å². The minimum absolute atomic E-state index is 0.129. The monoisotopic (exact) mass is 223 g/mol. The summed E-state index contributed by atoms with van der Waals surface area (Å²) in [7, 11) is 0. The van der Waals surface area contributed by atoms with Crippen LogP contribution in [0.1, 0.15) is 31.5 Å². The zero-order valence-corrected chi connectivity index (χ0v) is 9.46. The Labute approximate surface area is 94.4 Å². The lowest BCUT2D eigenvalue weighted by atomic mass is 10.1. The summed E-state index contributed by atoms with van der Waals surface area (Å²) in [5, 5.41) is 8.02. The van der Waals surface area contributed by atoms with Crippen molar-refractivity contribution >= 4 is 5.91 Å². The van der Waals surface area contributed by atoms with Gasteiger partial charge in [-0.1, -0.05) is 5.21 Å². The van der Waals surface area contributed by atoms with Crippen LogP contribution < -0.4 is 5.73 Å². The minimum Gasteiger partial charge on any atom is -0.341 e. The van der Waals surface area contributed by atoms with Crippen LogP contribution in [0.4, 0.5) is 0 Å². The SMILES string of the molecule is CC(=O)N1CCC[C@H](n2cc(CN)nn2)C1. The van der Waals surface area contributed by atoms with Crippen molar-refractivity contribution in [2.45, 2.75) is 32.4 Å². The average Bonchev–Trinajstić information content (AvgIpc) is 2.77. The van der Waals surface area contributed by atoms with Crippen LogP contribution in [0.25, 0.3) is 0 Å². The standard InChI is InChI=1S/C10H17N5O/c1-8(16)14-4-2-3-10(7-14)15-6-9(5-11)12-13-15/h6,10H,2-5,7,11H2,1H3/t10-/m0/s1. The molecule has 0 bridgehead atoms. The van der Waals surface area contributed by atoms with Gasteiger partial charge in [0, 0.05) is 26.6 Å². The largest absolute Gasteiger partial charge is 0.341 e. The van der Waals surface area contributed by atoms with Crippen LogP contribution in [0.3, 0.4) is 0 Å². The van der Waals surface area contributed by atoms with Crippen molar-refractivity contribution in [1.29, 1.82) is 0 Å². The number of hydrogen-bond acceptors (Lipinski definition) is 4. The molecule has 6 nitrogen and oxygen atoms in total. The van der Waals surface area contributed by atoms with E-state index in [2.05, 4.69) is 10.3 Å². The first-order chi connectivity index (χ1) is 7.70. The van der Waals surface area contributed by atoms with E-state index in [9.17, 15) is 4.79 Å². The van der Waals surface area contributed by atoms with Gasteiger partial charge in [-0.2, -0.15) is 0 Å². The summed E-state index contributed by atoms with van der Waals surface area (Å²) in [6, 6.07) is 0.241. The van der Waals surface area contributed by atoms with Gasteiger partial charge in [0.05, 0.1) is 17.9 Å². The molecule has 0 aromatic carbocycles. The zero-order valence-electron chi connectivity index (χ0n) is 9.46. The summed E-state index contributed by atoms with van der Waals surface area (Å²) < 4.78 is 1.83. The summed E-state index contributed by atoms with van der Waals surface area (Å²) >= 11 is 0. The van der Waals surface area contributed by atoms with E-state index < -0.39 is 0 Å². The van der Waals surface area contributed by atoms with Gasteiger partial charge in [0.2, 0.25) is 5.91 Å². The molecule has 1 amide bonds. The highest BCUT2D eigenvalue weighted by molar-refractivity contribution is 5.73. The highest BCUT2D eigenvalue weighted by atomic mass is 16.2. The van der Waals surface area contributed by atoms with E-state index in [0.29, 0.717) is 6.54 Å². The summed E-state index contributed by atoms with van der Waals surface area (Å²) in [6.45, 7) is 3.59. The number of aromatic nitrogens is 3. The van der Waals surface area contributed by atoms with Crippen LogP contribution in [0.2, 0.25) is 0 Å². The lowest BCUT2D eigenvalue weighted by molar-refractivity contribution is -0.130. The molecule has 1 aromatic rings. The van der Waals surface area contributed by atoms with Gasteiger partial charge in [-0.05, 0) is 12.8 Å². The molecule has 6 heteroatoms. The first-order valence-corrected chi connectivity index (χ1v) is 5.57. The van der Waals surface area contributed by atoms with E-state index >= 15 is 0 Å². The van der Waals surface area contributed by atoms with Crippen molar-refractivity contribution < 1.29 is 4.79 Å². The molecule has 0 radical (unpaired) electrons. The van der Waals surface area contributed by atoms with E-state index in [0.717, 1.165) is 31.6 Å². The van der Waals surface area contributed by atoms with Crippen LogP contribution in [-0.4, -0.2) is 38.9 Å². The summed E-state index contributed by atoms with van der Waals surface area (Å²) in [6.07, 6.45) is 3.92. The Kier molecular flexibility index (Phi) is 3.19. The van der Waals surface area contributed by atoms with Crippen molar-refractivity contribution in [2.24, 2.45) is 5.73 Å². The fourth-order valence-electron chi connectivity index (χ4n) is 2.04. The number of nitrogens with two attached hydrogens (primary N) is 1. The van der Waals surface area contributed by atoms with Gasteiger partial charge in [0.25, 0.3) is 0 Å². The summed E-state index contributed by atoms with van der Waals surface area (Å²) in [4.78, 5) is 13.2. The Morgan fingerprint density at radius 2 is 2.50 bits per heavy atom. The highest BCUT2D eigenvalue weighted by Gasteiger charge is 2.23. The van der Waals surface area contributed by atoms with E-state index in [4.69, 9.17) is 5.73 Å². The Morgan fingerprint density at radius 3 is 3.12 bits per heavy atom. The fourth-order valence-corrected chi connectivity index (χ4v) is 2.04. The Bertz CT molecular complexity index is 375. The van der Waals surface area contributed by atoms with Gasteiger partial charge < -0.3 is 10.6 Å². The van der Waals surface area contributed by atoms with Crippen LogP contribution >= 0.6 is 0 Å². The Morgan fingerprint density at radius 1 is 1.69 bits per heavy atom. The van der Waals surface area contributed by atoms with Crippen molar-refractivity contribution in [3.05, 3.63) is 11.9 Å². The van der Waals surface area contributed by atoms with Gasteiger partial charge in [-0.3, -0.25) is 4.79 Å². The third-order valence-electron chi connectivity index (χ3n) is 2.98. The third kappa shape index (κ3) is 2.21. The van der Waals surface area contributed by atoms with Crippen LogP contribution in [0, 0.1) is 0 Å². The Hall–Kier alpha value is -1.43. The number of rotatable bonds is 2. The normalized spacial score (nSPS) is 21.1. The molecule has 88 valence electrons. The molecule has 0 aliphatic carbocycles. The number of amides is 1. The molecule has 1 aromatic heterocycles. The van der Waals surface area contributed by atoms with Gasteiger partial charge >= 0.3 is 0 Å². The summed E-state index contributed by atoms with van der Waals surface area (Å²) in [5.41, 5.74) is 6.28. The first kappa shape index (κ1) is 11.1. The van der Waals surface area contributed by atoms with Gasteiger partial charge in [0.1, 0.15) is 0 Å². The first-order valence-electron chi connectivity index (χ1n) is 5.57. The molecule has 1 fully saturated rings. The molecule has 1 saturated heterocycles. The molecule has 0 saturated carbocycles. The number of carbonyl (C=O) groups is 1. The van der Waals surface area contributed by atoms with Gasteiger partial charge in [-0.25, -0.2) is 4.68 Å². The van der Waals surface area contributed by atoms with Crippen LogP contribution in [0.5, 0.6) is 0 Å². The van der Waals surface area contributed by atoms with Crippen molar-refractivity contribution in [1.82, 2.24) is 19.9 Å². The van der Waals surface area contributed by atoms with Gasteiger partial charge in [0.15, 0.2) is 0 Å². The molecule has 0 unspecified atom stereocenters. The second kappa shape index (κ2) is 4.61. The third-order valence-corrected chi connectivity index (χ3v) is 2.98. The topological polar surface area (TPSA) is 77.0 Å². The van der Waals surface area contributed by atoms with Crippen LogP contribution in [0.15, 0.2) is 6.20 Å². The summed E-state index contributed by atoms with van der Waals surface area (Å²) in [5.74, 6) is 0.129. The molecular weight excluding hydrogens is 206 g/mol. The minimum atomic E-state index is 0.129. The maximum atomic E-state index is 11.3. The molecular formula is C10H17N5O. The maximum absolute atomic E-state index is 11.3. The van der Waals surface area contributed by atoms with E-state index in [1.165, 1.54) is 0 Å². The second-order valence-corrected chi connectivity index (χ2v) is 4.16. The molecule has 1 aliphatic heterocycles. The molecule has 0 spiro atoms. The molecule has 1 aliphatic rings. The predicted octanol–water partition coefficient (Wildman–Crippen LogP) is -0.0798. The predicted molar refractivity (Wildman–Crippen MR) is 58.4 cm³/mol. The number of likely N-dealkylation sites (tertiary alicyclic amines) is 1. The van der Waals surface area contributed by atoms with E-state index in [-0.39, 0.29) is 11.9 Å². The van der Waals surface area contributed by atoms with Gasteiger partial charge in [-0.15, -0.1) is 5.10 Å². The molecule has 16 heavy (non-hydrogen) atoms. The Balaban J connectivity index is 2.06. The number of hydrogen-bond donors (Lipinski definition) is 1. The lowest BCUT2D eigenvalue weighted by Crippen LogP contribution is -2.39. The maximum Gasteiger partial charge on any atom is 0.219 e. The lowest BCUT2D eigenvalue weighted by Gasteiger charge is -2.31. The quantitative estimate of drug-likeness (QED) is 0.760. The second-order valence-electron chi connectivity index (χ2n) is 4.16. The van der Waals surface area contributed by atoms with Crippen molar-refractivity contribution in [2.75, 3.05) is 13.1 Å². The molecule has 2 N–H and O–H groups in total. The average molecular weight is 223 g/mol.